The maximum absolute atomic E-state index is 14.0. The number of halogens is 2. The molecule has 4 nitrogen and oxygen atoms in total. The van der Waals surface area contributed by atoms with Gasteiger partial charge >= 0.3 is 5.97 Å². The van der Waals surface area contributed by atoms with Crippen molar-refractivity contribution in [2.45, 2.75) is 25.8 Å². The van der Waals surface area contributed by atoms with Gasteiger partial charge in [0.15, 0.2) is 11.6 Å². The monoisotopic (exact) mass is 298 g/mol. The van der Waals surface area contributed by atoms with E-state index in [4.69, 9.17) is 0 Å². The van der Waals surface area contributed by atoms with E-state index in [2.05, 4.69) is 21.9 Å². The molecule has 1 fully saturated rings. The number of nitrogens with zero attached hydrogens (tertiary/aromatic N) is 1. The molecule has 1 N–H and O–H groups in total. The number of hydrogen-bond donors (Lipinski definition) is 1. The van der Waals surface area contributed by atoms with E-state index < -0.39 is 17.6 Å². The van der Waals surface area contributed by atoms with Crippen molar-refractivity contribution >= 4 is 11.7 Å². The third-order valence-corrected chi connectivity index (χ3v) is 3.80. The summed E-state index contributed by atoms with van der Waals surface area (Å²) in [5, 5.41) is 3.03. The van der Waals surface area contributed by atoms with Gasteiger partial charge in [-0.25, -0.2) is 13.6 Å². The van der Waals surface area contributed by atoms with Gasteiger partial charge in [0.25, 0.3) is 0 Å². The van der Waals surface area contributed by atoms with Crippen LogP contribution in [-0.4, -0.2) is 43.7 Å². The quantitative estimate of drug-likeness (QED) is 0.868. The molecule has 0 saturated carbocycles. The first-order chi connectivity index (χ1) is 10.1. The van der Waals surface area contributed by atoms with Crippen LogP contribution >= 0.6 is 0 Å². The summed E-state index contributed by atoms with van der Waals surface area (Å²) in [4.78, 5) is 13.6. The average molecular weight is 298 g/mol. The van der Waals surface area contributed by atoms with Gasteiger partial charge < -0.3 is 15.0 Å². The van der Waals surface area contributed by atoms with Gasteiger partial charge in [-0.3, -0.25) is 0 Å². The van der Waals surface area contributed by atoms with Gasteiger partial charge in [0.1, 0.15) is 0 Å². The maximum atomic E-state index is 14.0. The standard InChI is InChI=1S/C15H20F2N2O2/c1-3-19-8-4-5-10(9-19)18-12-7-6-11(15(20)21-2)13(16)14(12)17/h6-7,10,18H,3-5,8-9H2,1-2H3. The van der Waals surface area contributed by atoms with Crippen LogP contribution in [0.4, 0.5) is 14.5 Å². The van der Waals surface area contributed by atoms with Gasteiger partial charge in [-0.15, -0.1) is 0 Å². The normalized spacial score (nSPS) is 19.3. The summed E-state index contributed by atoms with van der Waals surface area (Å²) in [5.74, 6) is -3.09. The first-order valence-electron chi connectivity index (χ1n) is 7.12. The summed E-state index contributed by atoms with van der Waals surface area (Å²) >= 11 is 0. The number of carbonyl (C=O) groups excluding carboxylic acids is 1. The Morgan fingerprint density at radius 2 is 2.19 bits per heavy atom. The van der Waals surface area contributed by atoms with E-state index >= 15 is 0 Å². The first-order valence-corrected chi connectivity index (χ1v) is 7.12. The molecule has 1 aromatic carbocycles. The van der Waals surface area contributed by atoms with Gasteiger partial charge in [0.2, 0.25) is 0 Å². The highest BCUT2D eigenvalue weighted by Gasteiger charge is 2.23. The number of likely N-dealkylation sites (tertiary alicyclic amines) is 1. The molecule has 2 rings (SSSR count). The zero-order valence-electron chi connectivity index (χ0n) is 12.3. The fourth-order valence-electron chi connectivity index (χ4n) is 2.61. The molecule has 1 atom stereocenters. The zero-order chi connectivity index (χ0) is 15.4. The van der Waals surface area contributed by atoms with E-state index in [1.807, 2.05) is 0 Å². The SMILES string of the molecule is CCN1CCCC(Nc2ccc(C(=O)OC)c(F)c2F)C1. The molecule has 1 saturated heterocycles. The Morgan fingerprint density at radius 3 is 2.86 bits per heavy atom. The number of rotatable bonds is 4. The molecule has 0 aromatic heterocycles. The van der Waals surface area contributed by atoms with Crippen LogP contribution in [0.3, 0.4) is 0 Å². The summed E-state index contributed by atoms with van der Waals surface area (Å²) in [6, 6.07) is 2.71. The lowest BCUT2D eigenvalue weighted by molar-refractivity contribution is 0.0594. The van der Waals surface area contributed by atoms with Gasteiger partial charge in [-0.2, -0.15) is 0 Å². The van der Waals surface area contributed by atoms with Crippen molar-refractivity contribution in [1.82, 2.24) is 4.90 Å². The van der Waals surface area contributed by atoms with E-state index in [-0.39, 0.29) is 17.3 Å². The van der Waals surface area contributed by atoms with Gasteiger partial charge in [0, 0.05) is 12.6 Å². The Balaban J connectivity index is 2.14. The number of methoxy groups -OCH3 is 1. The minimum absolute atomic E-state index is 0.0802. The van der Waals surface area contributed by atoms with Crippen LogP contribution in [0.5, 0.6) is 0 Å². The van der Waals surface area contributed by atoms with Crippen molar-refractivity contribution in [2.24, 2.45) is 0 Å². The predicted molar refractivity (Wildman–Crippen MR) is 76.5 cm³/mol. The Hall–Kier alpha value is -1.69. The van der Waals surface area contributed by atoms with Crippen molar-refractivity contribution in [3.63, 3.8) is 0 Å². The number of piperidine rings is 1. The van der Waals surface area contributed by atoms with Gasteiger partial charge in [-0.1, -0.05) is 6.92 Å². The second kappa shape index (κ2) is 6.85. The second-order valence-corrected chi connectivity index (χ2v) is 5.16. The third-order valence-electron chi connectivity index (χ3n) is 3.80. The summed E-state index contributed by atoms with van der Waals surface area (Å²) in [5.41, 5.74) is -0.303. The second-order valence-electron chi connectivity index (χ2n) is 5.16. The van der Waals surface area contributed by atoms with Gasteiger partial charge in [0.05, 0.1) is 18.4 Å². The zero-order valence-corrected chi connectivity index (χ0v) is 12.3. The Bertz CT molecular complexity index is 523. The van der Waals surface area contributed by atoms with Crippen LogP contribution in [0.25, 0.3) is 0 Å². The molecular formula is C15H20F2N2O2. The third kappa shape index (κ3) is 3.50. The molecule has 1 aromatic rings. The van der Waals surface area contributed by atoms with E-state index in [9.17, 15) is 13.6 Å². The Kier molecular flexibility index (Phi) is 5.12. The Morgan fingerprint density at radius 1 is 1.43 bits per heavy atom. The number of esters is 1. The highest BCUT2D eigenvalue weighted by molar-refractivity contribution is 5.90. The maximum Gasteiger partial charge on any atom is 0.340 e. The minimum atomic E-state index is -1.17. The molecule has 1 aliphatic heterocycles. The largest absolute Gasteiger partial charge is 0.465 e. The molecule has 0 radical (unpaired) electrons. The van der Waals surface area contributed by atoms with Crippen LogP contribution in [0.15, 0.2) is 12.1 Å². The summed E-state index contributed by atoms with van der Waals surface area (Å²) in [6.45, 7) is 4.85. The van der Waals surface area contributed by atoms with E-state index in [1.54, 1.807) is 0 Å². The molecule has 1 heterocycles. The van der Waals surface area contributed by atoms with E-state index in [0.29, 0.717) is 0 Å². The summed E-state index contributed by atoms with van der Waals surface area (Å²) in [6.07, 6.45) is 1.94. The lowest BCUT2D eigenvalue weighted by atomic mass is 10.0. The lowest BCUT2D eigenvalue weighted by Gasteiger charge is -2.32. The molecule has 116 valence electrons. The molecule has 1 unspecified atom stereocenters. The van der Waals surface area contributed by atoms with Crippen LogP contribution in [0.2, 0.25) is 0 Å². The van der Waals surface area contributed by atoms with Crippen LogP contribution < -0.4 is 5.32 Å². The molecule has 0 spiro atoms. The smallest absolute Gasteiger partial charge is 0.340 e. The summed E-state index contributed by atoms with van der Waals surface area (Å²) < 4.78 is 32.3. The number of nitrogens with one attached hydrogen (secondary N) is 1. The average Bonchev–Trinajstić information content (AvgIpc) is 2.51. The van der Waals surface area contributed by atoms with Crippen molar-refractivity contribution in [2.75, 3.05) is 32.1 Å². The molecule has 0 aliphatic carbocycles. The van der Waals surface area contributed by atoms with Crippen LogP contribution in [0.1, 0.15) is 30.1 Å². The Labute approximate surface area is 123 Å². The number of carbonyl (C=O) groups is 1. The van der Waals surface area contributed by atoms with E-state index in [0.717, 1.165) is 39.6 Å². The molecule has 21 heavy (non-hydrogen) atoms. The molecule has 0 bridgehead atoms. The number of likely N-dealkylation sites (N-methyl/N-ethyl adjacent to an activating group) is 1. The molecule has 0 amide bonds. The minimum Gasteiger partial charge on any atom is -0.465 e. The van der Waals surface area contributed by atoms with Crippen molar-refractivity contribution in [3.05, 3.63) is 29.3 Å². The molecular weight excluding hydrogens is 278 g/mol. The van der Waals surface area contributed by atoms with Crippen molar-refractivity contribution in [1.29, 1.82) is 0 Å². The lowest BCUT2D eigenvalue weighted by Crippen LogP contribution is -2.42. The number of benzene rings is 1. The number of ether oxygens (including phenoxy) is 1. The van der Waals surface area contributed by atoms with Gasteiger partial charge in [-0.05, 0) is 38.1 Å². The van der Waals surface area contributed by atoms with Crippen molar-refractivity contribution in [3.8, 4) is 0 Å². The predicted octanol–water partition coefficient (Wildman–Crippen LogP) is 2.65. The molecule has 1 aliphatic rings. The first kappa shape index (κ1) is 15.7. The molecule has 6 heteroatoms. The number of hydrogen-bond acceptors (Lipinski definition) is 4. The van der Waals surface area contributed by atoms with E-state index in [1.165, 1.54) is 12.1 Å². The fourth-order valence-corrected chi connectivity index (χ4v) is 2.61. The van der Waals surface area contributed by atoms with Crippen LogP contribution in [0, 0.1) is 11.6 Å². The summed E-state index contributed by atoms with van der Waals surface area (Å²) in [7, 11) is 1.13. The van der Waals surface area contributed by atoms with Crippen molar-refractivity contribution < 1.29 is 18.3 Å². The highest BCUT2D eigenvalue weighted by Crippen LogP contribution is 2.23. The number of anilines is 1. The fraction of sp³-hybridized carbons (Fsp3) is 0.533. The topological polar surface area (TPSA) is 41.6 Å². The highest BCUT2D eigenvalue weighted by atomic mass is 19.2. The van der Waals surface area contributed by atoms with Crippen LogP contribution in [-0.2, 0) is 4.74 Å².